The zero-order valence-electron chi connectivity index (χ0n) is 12.7. The molecule has 2 heterocycles. The minimum Gasteiger partial charge on any atom is -0.447 e. The van der Waals surface area contributed by atoms with Crippen molar-refractivity contribution in [1.82, 2.24) is 15.1 Å². The third kappa shape index (κ3) is 3.13. The molecule has 122 valence electrons. The molecule has 23 heavy (non-hydrogen) atoms. The number of nitrogens with one attached hydrogen (secondary N) is 1. The van der Waals surface area contributed by atoms with Crippen LogP contribution >= 0.6 is 0 Å². The Balaban J connectivity index is 1.71. The van der Waals surface area contributed by atoms with Gasteiger partial charge in [0.15, 0.2) is 0 Å². The topological polar surface area (TPSA) is 79.0 Å². The average molecular weight is 317 g/mol. The zero-order chi connectivity index (χ0) is 16.2. The van der Waals surface area contributed by atoms with Gasteiger partial charge in [-0.25, -0.2) is 4.79 Å². The van der Waals surface area contributed by atoms with E-state index < -0.39 is 6.09 Å². The van der Waals surface area contributed by atoms with Crippen molar-refractivity contribution in [3.8, 4) is 0 Å². The van der Waals surface area contributed by atoms with Crippen LogP contribution < -0.4 is 5.32 Å². The number of carbonyl (C=O) groups is 3. The lowest BCUT2D eigenvalue weighted by Crippen LogP contribution is -2.48. The van der Waals surface area contributed by atoms with Crippen molar-refractivity contribution in [1.29, 1.82) is 0 Å². The fourth-order valence-corrected chi connectivity index (χ4v) is 3.13. The highest BCUT2D eigenvalue weighted by Gasteiger charge is 2.38. The molecular formula is C16H19N3O4. The second kappa shape index (κ2) is 6.68. The smallest absolute Gasteiger partial charge is 0.410 e. The lowest BCUT2D eigenvalue weighted by molar-refractivity contribution is -0.133. The van der Waals surface area contributed by atoms with Crippen molar-refractivity contribution < 1.29 is 19.1 Å². The molecule has 0 aliphatic carbocycles. The first kappa shape index (κ1) is 15.3. The predicted octanol–water partition coefficient (Wildman–Crippen LogP) is 0.874. The number of amides is 3. The van der Waals surface area contributed by atoms with E-state index in [2.05, 4.69) is 5.32 Å². The van der Waals surface area contributed by atoms with Crippen molar-refractivity contribution in [3.05, 3.63) is 35.9 Å². The summed E-state index contributed by atoms with van der Waals surface area (Å²) in [4.78, 5) is 38.2. The fourth-order valence-electron chi connectivity index (χ4n) is 3.13. The van der Waals surface area contributed by atoms with Crippen molar-refractivity contribution in [2.45, 2.75) is 25.0 Å². The average Bonchev–Trinajstić information content (AvgIpc) is 3.16. The van der Waals surface area contributed by atoms with Gasteiger partial charge in [0, 0.05) is 6.54 Å². The van der Waals surface area contributed by atoms with Crippen molar-refractivity contribution in [3.63, 3.8) is 0 Å². The van der Waals surface area contributed by atoms with Crippen molar-refractivity contribution in [2.24, 2.45) is 0 Å². The molecule has 1 N–H and O–H groups in total. The van der Waals surface area contributed by atoms with E-state index in [9.17, 15) is 14.4 Å². The number of hydrogen-bond acceptors (Lipinski definition) is 4. The quantitative estimate of drug-likeness (QED) is 0.818. The van der Waals surface area contributed by atoms with Crippen LogP contribution in [0.1, 0.15) is 24.4 Å². The van der Waals surface area contributed by atoms with Crippen LogP contribution in [0.2, 0.25) is 0 Å². The molecule has 2 saturated heterocycles. The van der Waals surface area contributed by atoms with Gasteiger partial charge in [-0.15, -0.1) is 0 Å². The maximum Gasteiger partial charge on any atom is 0.410 e. The van der Waals surface area contributed by atoms with Gasteiger partial charge < -0.3 is 15.0 Å². The first-order chi connectivity index (χ1) is 11.2. The molecule has 0 spiro atoms. The molecule has 7 heteroatoms. The Kier molecular flexibility index (Phi) is 4.45. The molecule has 1 aromatic rings. The van der Waals surface area contributed by atoms with E-state index in [1.165, 1.54) is 4.90 Å². The second-order valence-electron chi connectivity index (χ2n) is 5.66. The summed E-state index contributed by atoms with van der Waals surface area (Å²) in [5.41, 5.74) is 0.940. The lowest BCUT2D eigenvalue weighted by atomic mass is 10.1. The third-order valence-corrected chi connectivity index (χ3v) is 4.30. The molecule has 2 atom stereocenters. The monoisotopic (exact) mass is 317 g/mol. The maximum absolute atomic E-state index is 12.5. The van der Waals surface area contributed by atoms with Crippen LogP contribution in [0.5, 0.6) is 0 Å². The number of rotatable bonds is 5. The van der Waals surface area contributed by atoms with Crippen LogP contribution in [-0.2, 0) is 14.3 Å². The highest BCUT2D eigenvalue weighted by Crippen LogP contribution is 2.28. The minimum absolute atomic E-state index is 0.0462. The van der Waals surface area contributed by atoms with E-state index in [0.717, 1.165) is 18.4 Å². The predicted molar refractivity (Wildman–Crippen MR) is 81.2 cm³/mol. The molecule has 2 fully saturated rings. The minimum atomic E-state index is -0.480. The molecule has 2 aliphatic rings. The Hall–Kier alpha value is -2.57. The van der Waals surface area contributed by atoms with Gasteiger partial charge in [-0.1, -0.05) is 30.3 Å². The van der Waals surface area contributed by atoms with Crippen LogP contribution in [0.15, 0.2) is 30.3 Å². The molecule has 0 bridgehead atoms. The summed E-state index contributed by atoms with van der Waals surface area (Å²) in [5.74, 6) is -0.179. The van der Waals surface area contributed by atoms with E-state index in [1.54, 1.807) is 4.90 Å². The van der Waals surface area contributed by atoms with E-state index in [4.69, 9.17) is 4.74 Å². The second-order valence-corrected chi connectivity index (χ2v) is 5.66. The molecular weight excluding hydrogens is 298 g/mol. The molecule has 0 saturated carbocycles. The highest BCUT2D eigenvalue weighted by atomic mass is 16.6. The van der Waals surface area contributed by atoms with Gasteiger partial charge in [-0.05, 0) is 18.4 Å². The number of carbonyl (C=O) groups excluding carboxylic acids is 3. The number of cyclic esters (lactones) is 1. The Morgan fingerprint density at radius 3 is 2.87 bits per heavy atom. The van der Waals surface area contributed by atoms with E-state index in [-0.39, 0.29) is 31.3 Å². The first-order valence-electron chi connectivity index (χ1n) is 7.68. The molecule has 1 aromatic carbocycles. The summed E-state index contributed by atoms with van der Waals surface area (Å²) in [6, 6.07) is 9.25. The summed E-state index contributed by atoms with van der Waals surface area (Å²) < 4.78 is 5.11. The first-order valence-corrected chi connectivity index (χ1v) is 7.68. The Bertz CT molecular complexity index is 592. The van der Waals surface area contributed by atoms with Crippen LogP contribution in [0.4, 0.5) is 4.79 Å². The number of benzene rings is 1. The Morgan fingerprint density at radius 2 is 2.13 bits per heavy atom. The van der Waals surface area contributed by atoms with E-state index in [1.807, 2.05) is 30.3 Å². The van der Waals surface area contributed by atoms with Crippen molar-refractivity contribution >= 4 is 18.4 Å². The summed E-state index contributed by atoms with van der Waals surface area (Å²) in [6.07, 6.45) is 1.41. The Labute approximate surface area is 134 Å². The molecule has 0 aromatic heterocycles. The number of ether oxygens (including phenoxy) is 1. The van der Waals surface area contributed by atoms with Gasteiger partial charge in [-0.2, -0.15) is 0 Å². The number of likely N-dealkylation sites (tertiary alicyclic amines) is 1. The van der Waals surface area contributed by atoms with Gasteiger partial charge in [0.05, 0.1) is 6.04 Å². The van der Waals surface area contributed by atoms with Crippen molar-refractivity contribution in [2.75, 3.05) is 19.7 Å². The third-order valence-electron chi connectivity index (χ3n) is 4.30. The molecule has 2 aliphatic heterocycles. The maximum atomic E-state index is 12.5. The summed E-state index contributed by atoms with van der Waals surface area (Å²) in [6.45, 7) is 0.783. The van der Waals surface area contributed by atoms with Gasteiger partial charge in [0.25, 0.3) is 0 Å². The standard InChI is InChI=1S/C16H19N3O4/c20-11-17-14-7-4-8-18(14)15(21)9-19-13(10-23-16(19)22)12-5-2-1-3-6-12/h1-3,5-6,11,13-14H,4,7-10H2,(H,17,20)/t13-,14?/m0/s1. The molecule has 3 rings (SSSR count). The van der Waals surface area contributed by atoms with E-state index >= 15 is 0 Å². The van der Waals surface area contributed by atoms with E-state index in [0.29, 0.717) is 13.0 Å². The molecule has 1 unspecified atom stereocenters. The van der Waals surface area contributed by atoms with Gasteiger partial charge in [0.1, 0.15) is 19.3 Å². The Morgan fingerprint density at radius 1 is 1.35 bits per heavy atom. The fraction of sp³-hybridized carbons (Fsp3) is 0.438. The molecule has 0 radical (unpaired) electrons. The zero-order valence-corrected chi connectivity index (χ0v) is 12.7. The lowest BCUT2D eigenvalue weighted by Gasteiger charge is -2.27. The van der Waals surface area contributed by atoms with Gasteiger partial charge in [0.2, 0.25) is 12.3 Å². The molecule has 3 amide bonds. The van der Waals surface area contributed by atoms with Crippen LogP contribution in [0.3, 0.4) is 0 Å². The number of hydrogen-bond donors (Lipinski definition) is 1. The normalized spacial score (nSPS) is 23.7. The molecule has 7 nitrogen and oxygen atoms in total. The van der Waals surface area contributed by atoms with Crippen LogP contribution in [0, 0.1) is 0 Å². The van der Waals surface area contributed by atoms with Gasteiger partial charge in [-0.3, -0.25) is 14.5 Å². The van der Waals surface area contributed by atoms with Gasteiger partial charge >= 0.3 is 6.09 Å². The SMILES string of the molecule is O=CNC1CCCN1C(=O)CN1C(=O)OC[C@H]1c1ccccc1. The summed E-state index contributed by atoms with van der Waals surface area (Å²) >= 11 is 0. The largest absolute Gasteiger partial charge is 0.447 e. The van der Waals surface area contributed by atoms with Crippen LogP contribution in [0.25, 0.3) is 0 Å². The summed E-state index contributed by atoms with van der Waals surface area (Å²) in [7, 11) is 0. The number of nitrogens with zero attached hydrogens (tertiary/aromatic N) is 2. The highest BCUT2D eigenvalue weighted by molar-refractivity contribution is 5.83. The summed E-state index contributed by atoms with van der Waals surface area (Å²) in [5, 5.41) is 2.64. The van der Waals surface area contributed by atoms with Crippen LogP contribution in [-0.4, -0.2) is 54.1 Å².